The van der Waals surface area contributed by atoms with Crippen LogP contribution in [0.3, 0.4) is 0 Å². The van der Waals surface area contributed by atoms with Crippen molar-refractivity contribution < 1.29 is 14.2 Å². The van der Waals surface area contributed by atoms with E-state index < -0.39 is 0 Å². The summed E-state index contributed by atoms with van der Waals surface area (Å²) in [5.74, 6) is 3.14. The smallest absolute Gasteiger partial charge is 0.162 e. The number of aromatic nitrogens is 3. The van der Waals surface area contributed by atoms with E-state index in [4.69, 9.17) is 19.9 Å². The molecule has 0 amide bonds. The van der Waals surface area contributed by atoms with E-state index in [1.165, 1.54) is 0 Å². The number of hydrogen-bond acceptors (Lipinski definition) is 8. The quantitative estimate of drug-likeness (QED) is 0.655. The third-order valence-electron chi connectivity index (χ3n) is 4.86. The SMILES string of the molecule is COc1cc2nc(C)nc(N[C@H](C)c3cccc(N)n3)c2cc1O[C@H]1CCOC1. The van der Waals surface area contributed by atoms with E-state index in [-0.39, 0.29) is 12.1 Å². The summed E-state index contributed by atoms with van der Waals surface area (Å²) in [5, 5.41) is 4.29. The Kier molecular flexibility index (Phi) is 5.35. The molecule has 29 heavy (non-hydrogen) atoms. The van der Waals surface area contributed by atoms with Gasteiger partial charge in [0.2, 0.25) is 0 Å². The molecule has 8 nitrogen and oxygen atoms in total. The molecule has 2 aromatic heterocycles. The number of nitrogens with zero attached hydrogens (tertiary/aromatic N) is 3. The van der Waals surface area contributed by atoms with Crippen molar-refractivity contribution in [2.24, 2.45) is 0 Å². The highest BCUT2D eigenvalue weighted by molar-refractivity contribution is 5.92. The molecular formula is C21H25N5O3. The lowest BCUT2D eigenvalue weighted by molar-refractivity contribution is 0.139. The number of ether oxygens (including phenoxy) is 3. The number of aryl methyl sites for hydroxylation is 1. The lowest BCUT2D eigenvalue weighted by Crippen LogP contribution is -2.16. The Morgan fingerprint density at radius 2 is 2.07 bits per heavy atom. The molecular weight excluding hydrogens is 370 g/mol. The van der Waals surface area contributed by atoms with Crippen LogP contribution in [0.1, 0.15) is 30.9 Å². The van der Waals surface area contributed by atoms with E-state index in [1.807, 2.05) is 38.1 Å². The molecule has 0 aliphatic carbocycles. The molecule has 0 radical (unpaired) electrons. The number of benzene rings is 1. The second kappa shape index (κ2) is 8.08. The minimum Gasteiger partial charge on any atom is -0.493 e. The summed E-state index contributed by atoms with van der Waals surface area (Å²) in [4.78, 5) is 13.6. The summed E-state index contributed by atoms with van der Waals surface area (Å²) >= 11 is 0. The highest BCUT2D eigenvalue weighted by Gasteiger charge is 2.21. The first kappa shape index (κ1) is 19.2. The average molecular weight is 395 g/mol. The maximum atomic E-state index is 6.13. The van der Waals surface area contributed by atoms with Crippen LogP contribution < -0.4 is 20.5 Å². The zero-order valence-electron chi connectivity index (χ0n) is 16.8. The predicted molar refractivity (Wildman–Crippen MR) is 111 cm³/mol. The summed E-state index contributed by atoms with van der Waals surface area (Å²) in [7, 11) is 1.62. The lowest BCUT2D eigenvalue weighted by Gasteiger charge is -2.19. The van der Waals surface area contributed by atoms with Crippen molar-refractivity contribution >= 4 is 22.5 Å². The number of nitrogen functional groups attached to an aromatic ring is 1. The van der Waals surface area contributed by atoms with Gasteiger partial charge < -0.3 is 25.3 Å². The summed E-state index contributed by atoms with van der Waals surface area (Å²) in [6.45, 7) is 5.16. The van der Waals surface area contributed by atoms with Crippen LogP contribution in [0.2, 0.25) is 0 Å². The van der Waals surface area contributed by atoms with Gasteiger partial charge in [-0.1, -0.05) is 6.07 Å². The molecule has 3 aromatic rings. The molecule has 3 heterocycles. The van der Waals surface area contributed by atoms with Gasteiger partial charge >= 0.3 is 0 Å². The average Bonchev–Trinajstić information content (AvgIpc) is 3.21. The summed E-state index contributed by atoms with van der Waals surface area (Å²) < 4.78 is 17.1. The molecule has 1 aliphatic heterocycles. The minimum atomic E-state index is -0.0919. The number of nitrogens with one attached hydrogen (secondary N) is 1. The third-order valence-corrected chi connectivity index (χ3v) is 4.86. The molecule has 8 heteroatoms. The van der Waals surface area contributed by atoms with Crippen LogP contribution in [0.5, 0.6) is 11.5 Å². The van der Waals surface area contributed by atoms with Crippen LogP contribution >= 0.6 is 0 Å². The van der Waals surface area contributed by atoms with Crippen LogP contribution in [0.25, 0.3) is 10.9 Å². The molecule has 152 valence electrons. The van der Waals surface area contributed by atoms with Gasteiger partial charge in [0.1, 0.15) is 23.6 Å². The standard InChI is InChI=1S/C21H25N5O3/c1-12(16-5-4-6-20(22)26-16)23-21-15-9-19(29-14-7-8-28-11-14)18(27-3)10-17(15)24-13(2)25-21/h4-6,9-10,12,14H,7-8,11H2,1-3H3,(H2,22,26)(H,23,24,25)/t12-,14+/m1/s1. The van der Waals surface area contributed by atoms with Gasteiger partial charge in [-0.3, -0.25) is 0 Å². The molecule has 1 aromatic carbocycles. The molecule has 3 N–H and O–H groups in total. The number of methoxy groups -OCH3 is 1. The van der Waals surface area contributed by atoms with Crippen LogP contribution in [0.15, 0.2) is 30.3 Å². The minimum absolute atomic E-state index is 0.0135. The van der Waals surface area contributed by atoms with Crippen molar-refractivity contribution in [3.05, 3.63) is 41.9 Å². The van der Waals surface area contributed by atoms with Crippen molar-refractivity contribution in [2.75, 3.05) is 31.4 Å². The Balaban J connectivity index is 1.72. The first-order valence-corrected chi connectivity index (χ1v) is 9.63. The van der Waals surface area contributed by atoms with Crippen LogP contribution in [0, 0.1) is 6.92 Å². The Morgan fingerprint density at radius 1 is 1.21 bits per heavy atom. The summed E-state index contributed by atoms with van der Waals surface area (Å²) in [5.41, 5.74) is 7.44. The fraction of sp³-hybridized carbons (Fsp3) is 0.381. The number of hydrogen-bond donors (Lipinski definition) is 2. The fourth-order valence-electron chi connectivity index (χ4n) is 3.39. The van der Waals surface area contributed by atoms with E-state index in [0.717, 1.165) is 23.0 Å². The first-order valence-electron chi connectivity index (χ1n) is 9.63. The number of fused-ring (bicyclic) bond motifs is 1. The van der Waals surface area contributed by atoms with Crippen molar-refractivity contribution in [1.82, 2.24) is 15.0 Å². The highest BCUT2D eigenvalue weighted by atomic mass is 16.6. The van der Waals surface area contributed by atoms with Gasteiger partial charge in [-0.25, -0.2) is 15.0 Å². The van der Waals surface area contributed by atoms with E-state index in [2.05, 4.69) is 20.3 Å². The predicted octanol–water partition coefficient (Wildman–Crippen LogP) is 3.26. The van der Waals surface area contributed by atoms with Crippen LogP contribution in [0.4, 0.5) is 11.6 Å². The lowest BCUT2D eigenvalue weighted by atomic mass is 10.1. The van der Waals surface area contributed by atoms with Crippen molar-refractivity contribution in [2.45, 2.75) is 32.4 Å². The van der Waals surface area contributed by atoms with Gasteiger partial charge in [0.15, 0.2) is 11.5 Å². The molecule has 1 saturated heterocycles. The number of anilines is 2. The highest BCUT2D eigenvalue weighted by Crippen LogP contribution is 2.36. The summed E-state index contributed by atoms with van der Waals surface area (Å²) in [6, 6.07) is 9.30. The zero-order valence-corrected chi connectivity index (χ0v) is 16.8. The molecule has 0 saturated carbocycles. The van der Waals surface area contributed by atoms with E-state index in [9.17, 15) is 0 Å². The van der Waals surface area contributed by atoms with Gasteiger partial charge in [0.25, 0.3) is 0 Å². The second-order valence-corrected chi connectivity index (χ2v) is 7.10. The summed E-state index contributed by atoms with van der Waals surface area (Å²) in [6.07, 6.45) is 0.869. The van der Waals surface area contributed by atoms with Crippen LogP contribution in [-0.2, 0) is 4.74 Å². The van der Waals surface area contributed by atoms with Gasteiger partial charge in [0.05, 0.1) is 37.6 Å². The first-order chi connectivity index (χ1) is 14.0. The maximum absolute atomic E-state index is 6.13. The Hall–Kier alpha value is -3.13. The number of rotatable bonds is 6. The molecule has 1 fully saturated rings. The van der Waals surface area contributed by atoms with Gasteiger partial charge in [-0.15, -0.1) is 0 Å². The zero-order chi connectivity index (χ0) is 20.4. The van der Waals surface area contributed by atoms with Crippen molar-refractivity contribution in [3.63, 3.8) is 0 Å². The normalized spacial score (nSPS) is 17.3. The Labute approximate surface area is 169 Å². The second-order valence-electron chi connectivity index (χ2n) is 7.10. The Morgan fingerprint density at radius 3 is 2.79 bits per heavy atom. The van der Waals surface area contributed by atoms with E-state index >= 15 is 0 Å². The van der Waals surface area contributed by atoms with Crippen molar-refractivity contribution in [3.8, 4) is 11.5 Å². The van der Waals surface area contributed by atoms with Crippen LogP contribution in [-0.4, -0.2) is 41.4 Å². The molecule has 1 aliphatic rings. The van der Waals surface area contributed by atoms with Gasteiger partial charge in [-0.2, -0.15) is 0 Å². The van der Waals surface area contributed by atoms with Gasteiger partial charge in [0, 0.05) is 17.9 Å². The monoisotopic (exact) mass is 395 g/mol. The van der Waals surface area contributed by atoms with Crippen molar-refractivity contribution in [1.29, 1.82) is 0 Å². The topological polar surface area (TPSA) is 104 Å². The Bertz CT molecular complexity index is 1020. The molecule has 0 spiro atoms. The maximum Gasteiger partial charge on any atom is 0.162 e. The molecule has 0 unspecified atom stereocenters. The van der Waals surface area contributed by atoms with Gasteiger partial charge in [-0.05, 0) is 32.0 Å². The fourth-order valence-corrected chi connectivity index (χ4v) is 3.39. The number of pyridine rings is 1. The van der Waals surface area contributed by atoms with E-state index in [1.54, 1.807) is 13.2 Å². The van der Waals surface area contributed by atoms with E-state index in [0.29, 0.717) is 42.2 Å². The molecule has 4 rings (SSSR count). The largest absolute Gasteiger partial charge is 0.493 e. The molecule has 0 bridgehead atoms. The third kappa shape index (κ3) is 4.17. The number of nitrogens with two attached hydrogens (primary N) is 1. The molecule has 2 atom stereocenters.